The Bertz CT molecular complexity index is 2720. The van der Waals surface area contributed by atoms with Gasteiger partial charge in [0.2, 0.25) is 0 Å². The van der Waals surface area contributed by atoms with Crippen LogP contribution in [0, 0.1) is 0 Å². The van der Waals surface area contributed by atoms with Crippen molar-refractivity contribution in [3.05, 3.63) is 145 Å². The summed E-state index contributed by atoms with van der Waals surface area (Å²) in [6.45, 7) is 0. The first-order valence-corrected chi connectivity index (χ1v) is 11.0. The van der Waals surface area contributed by atoms with E-state index in [1.165, 1.54) is 6.07 Å². The van der Waals surface area contributed by atoms with Crippen LogP contribution in [0.5, 0.6) is 0 Å². The van der Waals surface area contributed by atoms with E-state index in [1.54, 1.807) is 30.3 Å². The minimum Gasteiger partial charge on any atom is -0.0622 e. The Labute approximate surface area is 236 Å². The second-order valence-corrected chi connectivity index (χ2v) is 7.99. The number of hydrogen-bond donors (Lipinski definition) is 0. The van der Waals surface area contributed by atoms with Gasteiger partial charge in [0.1, 0.15) is 0 Å². The number of benzene rings is 7. The molecule has 0 aliphatic rings. The molecule has 0 amide bonds. The molecule has 0 fully saturated rings. The minimum absolute atomic E-state index is 0.0451. The third kappa shape index (κ3) is 3.31. The molecule has 0 unspecified atom stereocenters. The first-order valence-electron chi connectivity index (χ1n) is 20.0. The predicted molar refractivity (Wildman–Crippen MR) is 155 cm³/mol. The van der Waals surface area contributed by atoms with Crippen molar-refractivity contribution in [3.8, 4) is 33.4 Å². The molecule has 0 heteroatoms. The Morgan fingerprint density at radius 2 is 0.917 bits per heavy atom. The molecule has 168 valence electrons. The maximum absolute atomic E-state index is 9.18. The maximum Gasteiger partial charge on any atom is 0.0629 e. The van der Waals surface area contributed by atoms with Crippen LogP contribution in [0.2, 0.25) is 0 Å². The van der Waals surface area contributed by atoms with Crippen LogP contribution in [0.1, 0.15) is 24.7 Å². The third-order valence-electron chi connectivity index (χ3n) is 6.06. The predicted octanol–water partition coefficient (Wildman–Crippen LogP) is 10.1. The average molecular weight is 475 g/mol. The van der Waals surface area contributed by atoms with E-state index in [0.717, 1.165) is 0 Å². The van der Waals surface area contributed by atoms with Gasteiger partial charge in [-0.15, -0.1) is 0 Å². The summed E-state index contributed by atoms with van der Waals surface area (Å²) >= 11 is 0. The molecule has 0 N–H and O–H groups in total. The third-order valence-corrected chi connectivity index (χ3v) is 6.06. The highest BCUT2D eigenvalue weighted by Crippen LogP contribution is 2.45. The summed E-state index contributed by atoms with van der Waals surface area (Å²) in [6.07, 6.45) is 0. The molecule has 7 aromatic rings. The minimum atomic E-state index is -0.762. The Hall–Kier alpha value is -4.68. The van der Waals surface area contributed by atoms with Gasteiger partial charge in [-0.2, -0.15) is 0 Å². The van der Waals surface area contributed by atoms with Crippen LogP contribution in [-0.2, 0) is 0 Å². The van der Waals surface area contributed by atoms with E-state index in [1.807, 2.05) is 0 Å². The number of fused-ring (bicyclic) bond motifs is 3. The summed E-state index contributed by atoms with van der Waals surface area (Å²) in [5, 5.41) is -0.300. The Kier molecular flexibility index (Phi) is 2.23. The first kappa shape index (κ1) is 9.41. The molecule has 0 nitrogen and oxygen atoms in total. The van der Waals surface area contributed by atoms with Gasteiger partial charge in [0.05, 0.1) is 24.7 Å². The van der Waals surface area contributed by atoms with E-state index in [2.05, 4.69) is 0 Å². The molecule has 0 heterocycles. The summed E-state index contributed by atoms with van der Waals surface area (Å²) in [5.74, 6) is 0. The summed E-state index contributed by atoms with van der Waals surface area (Å²) in [7, 11) is 0. The van der Waals surface area contributed by atoms with E-state index in [9.17, 15) is 2.74 Å². The molecule has 0 aliphatic carbocycles. The van der Waals surface area contributed by atoms with Gasteiger partial charge in [0.25, 0.3) is 0 Å². The van der Waals surface area contributed by atoms with Gasteiger partial charge < -0.3 is 0 Å². The summed E-state index contributed by atoms with van der Waals surface area (Å²) in [5.41, 5.74) is -0.501. The second kappa shape index (κ2) is 8.52. The molecule has 0 aliphatic heterocycles. The Morgan fingerprint density at radius 1 is 0.389 bits per heavy atom. The van der Waals surface area contributed by atoms with Crippen molar-refractivity contribution in [1.29, 1.82) is 0 Å². The highest BCUT2D eigenvalue weighted by molar-refractivity contribution is 6.23. The normalized spacial score (nSPS) is 18.3. The van der Waals surface area contributed by atoms with Crippen LogP contribution in [0.3, 0.4) is 0 Å². The SMILES string of the molecule is [2H]c1c([2H])c([2H])c(-c2ccc3c(-c4c5c([2H])c([2H])c([2H])c([2H])c5c(-c5c([2H])c([2H])c([2H])c([2H])c5[2H])c5c([2H])c([2H])c([2H])c([2H])c45)cccc3c2)c([2H])c1[2H]. The highest BCUT2D eigenvalue weighted by Gasteiger charge is 2.17. The molecule has 0 atom stereocenters. The zero-order chi connectivity index (χ0) is 39.6. The molecule has 0 spiro atoms. The van der Waals surface area contributed by atoms with Gasteiger partial charge in [-0.05, 0) is 71.8 Å². The lowest BCUT2D eigenvalue weighted by Gasteiger charge is -2.19. The van der Waals surface area contributed by atoms with Crippen molar-refractivity contribution in [2.75, 3.05) is 0 Å². The molecule has 0 saturated heterocycles. The molecule has 0 saturated carbocycles. The van der Waals surface area contributed by atoms with Crippen LogP contribution in [-0.4, -0.2) is 0 Å². The molecule has 0 radical (unpaired) electrons. The molecule has 0 bridgehead atoms. The highest BCUT2D eigenvalue weighted by atomic mass is 14.2. The molecular weight excluding hydrogens is 432 g/mol. The van der Waals surface area contributed by atoms with Crippen molar-refractivity contribution < 1.29 is 24.7 Å². The van der Waals surface area contributed by atoms with Crippen molar-refractivity contribution >= 4 is 32.3 Å². The van der Waals surface area contributed by atoms with E-state index < -0.39 is 114 Å². The number of rotatable bonds is 3. The van der Waals surface area contributed by atoms with Crippen molar-refractivity contribution in [2.24, 2.45) is 0 Å². The molecule has 0 aromatic heterocycles. The average Bonchev–Trinajstić information content (AvgIpc) is 3.16. The fourth-order valence-corrected chi connectivity index (χ4v) is 4.57. The number of hydrogen-bond acceptors (Lipinski definition) is 0. The quantitative estimate of drug-likeness (QED) is 0.223. The topological polar surface area (TPSA) is 0 Å². The van der Waals surface area contributed by atoms with Crippen molar-refractivity contribution in [3.63, 3.8) is 0 Å². The Balaban J connectivity index is 1.75. The maximum atomic E-state index is 9.18. The Morgan fingerprint density at radius 3 is 1.53 bits per heavy atom. The lowest BCUT2D eigenvalue weighted by Crippen LogP contribution is -1.91. The fraction of sp³-hybridized carbons (Fsp3) is 0. The summed E-state index contributed by atoms with van der Waals surface area (Å²) < 4.78 is 155. The lowest BCUT2D eigenvalue weighted by atomic mass is 9.84. The van der Waals surface area contributed by atoms with E-state index in [0.29, 0.717) is 10.8 Å². The molecule has 36 heavy (non-hydrogen) atoms. The van der Waals surface area contributed by atoms with E-state index in [-0.39, 0.29) is 49.4 Å². The van der Waals surface area contributed by atoms with Gasteiger partial charge >= 0.3 is 0 Å². The standard InChI is InChI=1S/C36H24/c1-3-12-25(13-4-1)27-22-23-29-28(24-27)16-11-21-30(29)36-33-19-9-7-17-31(33)35(26-14-5-2-6-15-26)32-18-8-10-20-34(32)36/h1-24H/i1D,2D,3D,4D,5D,6D,7D,8D,9D,10D,12D,13D,14D,15D,17D,18D,19D,20D. The van der Waals surface area contributed by atoms with E-state index in [4.69, 9.17) is 21.9 Å². The van der Waals surface area contributed by atoms with Crippen LogP contribution in [0.25, 0.3) is 65.7 Å². The monoisotopic (exact) mass is 474 g/mol. The lowest BCUT2D eigenvalue weighted by molar-refractivity contribution is 1.64. The van der Waals surface area contributed by atoms with Crippen molar-refractivity contribution in [1.82, 2.24) is 0 Å². The molecule has 7 rings (SSSR count). The van der Waals surface area contributed by atoms with Gasteiger partial charge in [-0.3, -0.25) is 0 Å². The van der Waals surface area contributed by atoms with Gasteiger partial charge in [0, 0.05) is 0 Å². The zero-order valence-corrected chi connectivity index (χ0v) is 18.5. The van der Waals surface area contributed by atoms with Gasteiger partial charge in [-0.25, -0.2) is 0 Å². The van der Waals surface area contributed by atoms with Crippen molar-refractivity contribution in [2.45, 2.75) is 0 Å². The van der Waals surface area contributed by atoms with Crippen LogP contribution in [0.15, 0.2) is 145 Å². The summed E-state index contributed by atoms with van der Waals surface area (Å²) in [4.78, 5) is 0. The van der Waals surface area contributed by atoms with E-state index >= 15 is 0 Å². The smallest absolute Gasteiger partial charge is 0.0622 e. The van der Waals surface area contributed by atoms with Gasteiger partial charge in [0.15, 0.2) is 0 Å². The second-order valence-electron chi connectivity index (χ2n) is 7.99. The van der Waals surface area contributed by atoms with Crippen LogP contribution in [0.4, 0.5) is 0 Å². The van der Waals surface area contributed by atoms with Crippen LogP contribution < -0.4 is 0 Å². The zero-order valence-electron chi connectivity index (χ0n) is 36.5. The van der Waals surface area contributed by atoms with Crippen LogP contribution >= 0.6 is 0 Å². The summed E-state index contributed by atoms with van der Waals surface area (Å²) in [6, 6.07) is -2.16. The fourth-order valence-electron chi connectivity index (χ4n) is 4.57. The first-order chi connectivity index (χ1) is 25.3. The molecule has 7 aromatic carbocycles. The van der Waals surface area contributed by atoms with Gasteiger partial charge in [-0.1, -0.05) is 139 Å². The largest absolute Gasteiger partial charge is 0.0629 e. The molecular formula is C36H24.